The van der Waals surface area contributed by atoms with E-state index in [0.29, 0.717) is 11.0 Å². The molecule has 1 aromatic carbocycles. The summed E-state index contributed by atoms with van der Waals surface area (Å²) in [6, 6.07) is 7.32. The molecule has 2 heterocycles. The van der Waals surface area contributed by atoms with Gasteiger partial charge in [0, 0.05) is 11.3 Å². The van der Waals surface area contributed by atoms with Crippen molar-refractivity contribution in [3.05, 3.63) is 47.5 Å². The highest BCUT2D eigenvalue weighted by atomic mass is 16.2. The van der Waals surface area contributed by atoms with Gasteiger partial charge in [0.15, 0.2) is 0 Å². The van der Waals surface area contributed by atoms with E-state index in [1.165, 1.54) is 5.69 Å². The minimum atomic E-state index is -0.301. The molecule has 0 aliphatic heterocycles. The third-order valence-electron chi connectivity index (χ3n) is 4.69. The molecule has 1 aliphatic carbocycles. The highest BCUT2D eigenvalue weighted by Crippen LogP contribution is 2.32. The van der Waals surface area contributed by atoms with Gasteiger partial charge in [0.25, 0.3) is 5.91 Å². The topological polar surface area (TPSA) is 85.6 Å². The predicted octanol–water partition coefficient (Wildman–Crippen LogP) is 2.78. The Morgan fingerprint density at radius 2 is 1.96 bits per heavy atom. The first-order valence-electron chi connectivity index (χ1n) is 8.91. The number of benzene rings is 1. The molecule has 4 rings (SSSR count). The number of hydrogen-bond donors (Lipinski definition) is 1. The van der Waals surface area contributed by atoms with Gasteiger partial charge in [-0.2, -0.15) is 5.10 Å². The number of fused-ring (bicyclic) bond motifs is 2. The zero-order valence-corrected chi connectivity index (χ0v) is 15.2. The summed E-state index contributed by atoms with van der Waals surface area (Å²) in [5, 5.41) is 15.7. The molecule has 134 valence electrons. The average molecular weight is 350 g/mol. The van der Waals surface area contributed by atoms with Crippen molar-refractivity contribution < 1.29 is 4.79 Å². The van der Waals surface area contributed by atoms with E-state index in [2.05, 4.69) is 51.0 Å². The molecule has 0 spiro atoms. The number of rotatable bonds is 2. The van der Waals surface area contributed by atoms with Crippen LogP contribution >= 0.6 is 0 Å². The first-order valence-corrected chi connectivity index (χ1v) is 8.91. The molecular formula is C19H22N6O. The van der Waals surface area contributed by atoms with Gasteiger partial charge >= 0.3 is 0 Å². The van der Waals surface area contributed by atoms with E-state index in [1.807, 2.05) is 30.5 Å². The number of nitrogens with zero attached hydrogens (tertiary/aromatic N) is 5. The second-order valence-corrected chi connectivity index (χ2v) is 7.67. The zero-order chi connectivity index (χ0) is 18.3. The van der Waals surface area contributed by atoms with Crippen LogP contribution in [0.1, 0.15) is 61.5 Å². The Labute approximate surface area is 151 Å². The summed E-state index contributed by atoms with van der Waals surface area (Å²) >= 11 is 0. The SMILES string of the molecule is CC(C)(C)n1ncc2c1CCC[C@H]2NC(=O)c1nnc2ccccc2n1. The molecule has 0 saturated heterocycles. The van der Waals surface area contributed by atoms with Crippen LogP contribution in [0.3, 0.4) is 0 Å². The quantitative estimate of drug-likeness (QED) is 0.768. The number of nitrogens with one attached hydrogen (secondary N) is 1. The molecule has 0 radical (unpaired) electrons. The Balaban J connectivity index is 1.60. The van der Waals surface area contributed by atoms with Gasteiger partial charge in [-0.3, -0.25) is 9.48 Å². The van der Waals surface area contributed by atoms with Gasteiger partial charge in [-0.25, -0.2) is 4.98 Å². The molecule has 7 heteroatoms. The van der Waals surface area contributed by atoms with Gasteiger partial charge in [0.05, 0.1) is 23.3 Å². The van der Waals surface area contributed by atoms with E-state index in [9.17, 15) is 4.79 Å². The number of carbonyl (C=O) groups excluding carboxylic acids is 1. The molecule has 1 aliphatic rings. The number of aromatic nitrogens is 5. The molecule has 0 unspecified atom stereocenters. The lowest BCUT2D eigenvalue weighted by Crippen LogP contribution is -2.33. The lowest BCUT2D eigenvalue weighted by Gasteiger charge is -2.28. The average Bonchev–Trinajstić information content (AvgIpc) is 3.07. The van der Waals surface area contributed by atoms with Crippen LogP contribution in [0.25, 0.3) is 11.0 Å². The molecule has 3 aromatic rings. The zero-order valence-electron chi connectivity index (χ0n) is 15.2. The summed E-state index contributed by atoms with van der Waals surface area (Å²) in [6.45, 7) is 6.41. The Hall–Kier alpha value is -2.83. The minimum Gasteiger partial charge on any atom is -0.342 e. The molecule has 7 nitrogen and oxygen atoms in total. The number of hydrogen-bond acceptors (Lipinski definition) is 5. The molecule has 1 N–H and O–H groups in total. The van der Waals surface area contributed by atoms with E-state index in [1.54, 1.807) is 0 Å². The summed E-state index contributed by atoms with van der Waals surface area (Å²) in [4.78, 5) is 17.0. The van der Waals surface area contributed by atoms with Crippen molar-refractivity contribution in [1.29, 1.82) is 0 Å². The first kappa shape index (κ1) is 16.6. The highest BCUT2D eigenvalue weighted by molar-refractivity contribution is 5.92. The Kier molecular flexibility index (Phi) is 3.94. The van der Waals surface area contributed by atoms with Gasteiger partial charge in [-0.15, -0.1) is 10.2 Å². The fourth-order valence-electron chi connectivity index (χ4n) is 3.48. The van der Waals surface area contributed by atoms with E-state index in [4.69, 9.17) is 0 Å². The lowest BCUT2D eigenvalue weighted by atomic mass is 9.92. The van der Waals surface area contributed by atoms with E-state index < -0.39 is 0 Å². The molecule has 1 atom stereocenters. The van der Waals surface area contributed by atoms with Gasteiger partial charge in [0.2, 0.25) is 5.82 Å². The van der Waals surface area contributed by atoms with Crippen LogP contribution in [0.4, 0.5) is 0 Å². The lowest BCUT2D eigenvalue weighted by molar-refractivity contribution is 0.0921. The van der Waals surface area contributed by atoms with Gasteiger partial charge < -0.3 is 5.32 Å². The van der Waals surface area contributed by atoms with Crippen molar-refractivity contribution in [3.63, 3.8) is 0 Å². The summed E-state index contributed by atoms with van der Waals surface area (Å²) in [7, 11) is 0. The minimum absolute atomic E-state index is 0.0718. The van der Waals surface area contributed by atoms with Crippen molar-refractivity contribution in [2.45, 2.75) is 51.6 Å². The van der Waals surface area contributed by atoms with E-state index in [0.717, 1.165) is 24.8 Å². The van der Waals surface area contributed by atoms with Crippen molar-refractivity contribution in [2.24, 2.45) is 0 Å². The number of para-hydroxylation sites is 1. The molecule has 1 amide bonds. The third-order valence-corrected chi connectivity index (χ3v) is 4.69. The molecule has 2 aromatic heterocycles. The van der Waals surface area contributed by atoms with Crippen LogP contribution in [-0.4, -0.2) is 30.9 Å². The smallest absolute Gasteiger partial charge is 0.291 e. The van der Waals surface area contributed by atoms with Crippen molar-refractivity contribution in [3.8, 4) is 0 Å². The Morgan fingerprint density at radius 3 is 2.73 bits per heavy atom. The second kappa shape index (κ2) is 6.16. The predicted molar refractivity (Wildman–Crippen MR) is 97.7 cm³/mol. The van der Waals surface area contributed by atoms with Crippen LogP contribution in [-0.2, 0) is 12.0 Å². The summed E-state index contributed by atoms with van der Waals surface area (Å²) in [6.07, 6.45) is 4.75. The van der Waals surface area contributed by atoms with Crippen LogP contribution in [0.2, 0.25) is 0 Å². The van der Waals surface area contributed by atoms with Gasteiger partial charge in [0.1, 0.15) is 5.52 Å². The highest BCUT2D eigenvalue weighted by Gasteiger charge is 2.29. The normalized spacial score (nSPS) is 17.1. The molecular weight excluding hydrogens is 328 g/mol. The van der Waals surface area contributed by atoms with Crippen LogP contribution in [0.15, 0.2) is 30.5 Å². The van der Waals surface area contributed by atoms with Crippen LogP contribution in [0, 0.1) is 0 Å². The van der Waals surface area contributed by atoms with Crippen molar-refractivity contribution in [2.75, 3.05) is 0 Å². The summed E-state index contributed by atoms with van der Waals surface area (Å²) in [5.74, 6) is -0.205. The first-order chi connectivity index (χ1) is 12.4. The number of carbonyl (C=O) groups is 1. The maximum absolute atomic E-state index is 12.7. The maximum atomic E-state index is 12.7. The fraction of sp³-hybridized carbons (Fsp3) is 0.421. The largest absolute Gasteiger partial charge is 0.342 e. The summed E-state index contributed by atoms with van der Waals surface area (Å²) in [5.41, 5.74) is 3.55. The standard InChI is InChI=1S/C19H22N6O/c1-19(2,3)25-16-10-6-9-13(12(16)11-20-25)22-18(26)17-21-14-7-4-5-8-15(14)23-24-17/h4-5,7-8,11,13H,6,9-10H2,1-3H3,(H,22,26)/t13-/m1/s1. The van der Waals surface area contributed by atoms with Crippen molar-refractivity contribution >= 4 is 16.9 Å². The molecule has 26 heavy (non-hydrogen) atoms. The molecule has 0 bridgehead atoms. The second-order valence-electron chi connectivity index (χ2n) is 7.67. The Bertz CT molecular complexity index is 972. The van der Waals surface area contributed by atoms with E-state index in [-0.39, 0.29) is 23.3 Å². The molecule has 0 saturated carbocycles. The molecule has 0 fully saturated rings. The van der Waals surface area contributed by atoms with Crippen molar-refractivity contribution in [1.82, 2.24) is 30.3 Å². The maximum Gasteiger partial charge on any atom is 0.291 e. The van der Waals surface area contributed by atoms with Gasteiger partial charge in [-0.1, -0.05) is 12.1 Å². The Morgan fingerprint density at radius 1 is 1.19 bits per heavy atom. The fourth-order valence-corrected chi connectivity index (χ4v) is 3.48. The van der Waals surface area contributed by atoms with E-state index >= 15 is 0 Å². The summed E-state index contributed by atoms with van der Waals surface area (Å²) < 4.78 is 2.06. The van der Waals surface area contributed by atoms with Crippen LogP contribution in [0.5, 0.6) is 0 Å². The van der Waals surface area contributed by atoms with Crippen LogP contribution < -0.4 is 5.32 Å². The van der Waals surface area contributed by atoms with Gasteiger partial charge in [-0.05, 0) is 52.2 Å². The monoisotopic (exact) mass is 350 g/mol. The number of amides is 1. The third kappa shape index (κ3) is 2.94.